The largest absolute Gasteiger partial charge is 0.391 e. The van der Waals surface area contributed by atoms with Crippen LogP contribution in [-0.4, -0.2) is 52.8 Å². The van der Waals surface area contributed by atoms with Crippen LogP contribution in [-0.2, 0) is 9.59 Å². The minimum Gasteiger partial charge on any atom is -0.391 e. The molecule has 2 aromatic rings. The minimum atomic E-state index is -1.28. The topological polar surface area (TPSA) is 140 Å². The van der Waals surface area contributed by atoms with Crippen molar-refractivity contribution in [1.82, 2.24) is 16.1 Å². The van der Waals surface area contributed by atoms with Crippen molar-refractivity contribution < 1.29 is 24.7 Å². The van der Waals surface area contributed by atoms with E-state index in [0.717, 1.165) is 17.0 Å². The average Bonchev–Trinajstić information content (AvgIpc) is 3.33. The third-order valence-electron chi connectivity index (χ3n) is 8.36. The number of anilines is 1. The van der Waals surface area contributed by atoms with Gasteiger partial charge in [-0.3, -0.25) is 19.6 Å². The van der Waals surface area contributed by atoms with E-state index in [2.05, 4.69) is 36.7 Å². The number of benzene rings is 2. The molecule has 3 amide bonds. The third-order valence-corrected chi connectivity index (χ3v) is 8.36. The van der Waals surface area contributed by atoms with Gasteiger partial charge in [-0.1, -0.05) is 45.0 Å². The maximum Gasteiger partial charge on any atom is 0.268 e. The van der Waals surface area contributed by atoms with Crippen LogP contribution in [0, 0.1) is 23.2 Å². The van der Waals surface area contributed by atoms with Crippen LogP contribution in [0.4, 0.5) is 5.69 Å². The lowest BCUT2D eigenvalue weighted by Gasteiger charge is -2.45. The molecule has 37 heavy (non-hydrogen) atoms. The second kappa shape index (κ2) is 10.6. The van der Waals surface area contributed by atoms with E-state index >= 15 is 0 Å². The summed E-state index contributed by atoms with van der Waals surface area (Å²) >= 11 is 0. The Morgan fingerprint density at radius 2 is 1.59 bits per heavy atom. The predicted molar refractivity (Wildman–Crippen MR) is 140 cm³/mol. The maximum atomic E-state index is 12.5. The number of hydroxylamine groups is 1. The normalized spacial score (nSPS) is 24.9. The zero-order chi connectivity index (χ0) is 26.9. The van der Waals surface area contributed by atoms with E-state index in [9.17, 15) is 19.5 Å². The molecule has 2 aromatic carbocycles. The number of rotatable bonds is 9. The molecular weight excluding hydrogens is 472 g/mol. The summed E-state index contributed by atoms with van der Waals surface area (Å²) in [6.45, 7) is 8.58. The van der Waals surface area contributed by atoms with Crippen molar-refractivity contribution in [3.63, 3.8) is 0 Å². The van der Waals surface area contributed by atoms with Gasteiger partial charge in [-0.15, -0.1) is 0 Å². The fourth-order valence-corrected chi connectivity index (χ4v) is 6.12. The average molecular weight is 509 g/mol. The molecule has 9 nitrogen and oxygen atoms in total. The Morgan fingerprint density at radius 3 is 2.08 bits per heavy atom. The first-order valence-electron chi connectivity index (χ1n) is 12.7. The van der Waals surface area contributed by atoms with Gasteiger partial charge in [0, 0.05) is 17.3 Å². The lowest BCUT2D eigenvalue weighted by Crippen LogP contribution is -2.51. The third kappa shape index (κ3) is 5.39. The molecule has 3 saturated carbocycles. The molecule has 2 unspecified atom stereocenters. The fraction of sp³-hybridized carbons (Fsp3) is 0.464. The standard InChI is InChI=1S/C28H36N4O5/c1-15-21-13-22(28(21,3)4)24(15)29-14-23(34)30-20-11-9-18(10-12-20)17-5-7-19(8-6-17)26(35)31-25(16(2)33)27(36)32-37/h5-12,15-16,21-22,24-25,29,33,37H,13-14H2,1-4H3,(H,30,34)(H,31,35)(H,32,36)/t15-,16+,21-,22?,24?,25-/m0/s1. The van der Waals surface area contributed by atoms with E-state index in [1.807, 2.05) is 24.3 Å². The van der Waals surface area contributed by atoms with Gasteiger partial charge in [-0.2, -0.15) is 0 Å². The van der Waals surface area contributed by atoms with Crippen LogP contribution in [0.3, 0.4) is 0 Å². The zero-order valence-corrected chi connectivity index (χ0v) is 21.6. The van der Waals surface area contributed by atoms with E-state index in [-0.39, 0.29) is 12.5 Å². The van der Waals surface area contributed by atoms with Gasteiger partial charge in [0.05, 0.1) is 12.6 Å². The van der Waals surface area contributed by atoms with E-state index in [0.29, 0.717) is 34.5 Å². The monoisotopic (exact) mass is 508 g/mol. The molecule has 198 valence electrons. The molecule has 0 radical (unpaired) electrons. The highest BCUT2D eigenvalue weighted by molar-refractivity contribution is 5.98. The molecule has 6 N–H and O–H groups in total. The Hall–Kier alpha value is -3.27. The van der Waals surface area contributed by atoms with Gasteiger partial charge in [0.2, 0.25) is 5.91 Å². The first-order chi connectivity index (χ1) is 17.5. The molecule has 0 saturated heterocycles. The number of carbonyl (C=O) groups is 3. The van der Waals surface area contributed by atoms with Crippen molar-refractivity contribution in [2.75, 3.05) is 11.9 Å². The van der Waals surface area contributed by atoms with E-state index < -0.39 is 24.0 Å². The summed E-state index contributed by atoms with van der Waals surface area (Å²) in [6.07, 6.45) is 0.0678. The van der Waals surface area contributed by atoms with Gasteiger partial charge in [0.15, 0.2) is 0 Å². The van der Waals surface area contributed by atoms with Gasteiger partial charge in [0.1, 0.15) is 6.04 Å². The van der Waals surface area contributed by atoms with Crippen molar-refractivity contribution in [2.45, 2.75) is 52.3 Å². The minimum absolute atomic E-state index is 0.0670. The van der Waals surface area contributed by atoms with Crippen LogP contribution in [0.2, 0.25) is 0 Å². The molecule has 0 spiro atoms. The Balaban J connectivity index is 1.30. The molecule has 9 heteroatoms. The number of carbonyl (C=O) groups excluding carboxylic acids is 3. The summed E-state index contributed by atoms with van der Waals surface area (Å²) in [5.74, 6) is 0.434. The zero-order valence-electron chi connectivity index (χ0n) is 21.6. The van der Waals surface area contributed by atoms with Gasteiger partial charge >= 0.3 is 0 Å². The Labute approximate surface area is 217 Å². The van der Waals surface area contributed by atoms with Gasteiger partial charge in [-0.05, 0) is 71.9 Å². The highest BCUT2D eigenvalue weighted by Gasteiger charge is 2.61. The molecule has 3 aliphatic carbocycles. The Kier molecular flexibility index (Phi) is 7.68. The van der Waals surface area contributed by atoms with Crippen molar-refractivity contribution in [3.8, 4) is 11.1 Å². The summed E-state index contributed by atoms with van der Waals surface area (Å²) in [5, 5.41) is 27.3. The van der Waals surface area contributed by atoms with Gasteiger partial charge in [0.25, 0.3) is 11.8 Å². The van der Waals surface area contributed by atoms with Gasteiger partial charge < -0.3 is 21.1 Å². The number of fused-ring (bicyclic) bond motifs is 1. The summed E-state index contributed by atoms with van der Waals surface area (Å²) in [7, 11) is 0. The number of aliphatic hydroxyl groups excluding tert-OH is 1. The smallest absolute Gasteiger partial charge is 0.268 e. The molecule has 3 fully saturated rings. The number of nitrogens with one attached hydrogen (secondary N) is 4. The van der Waals surface area contributed by atoms with Crippen LogP contribution in [0.1, 0.15) is 44.5 Å². The lowest BCUT2D eigenvalue weighted by molar-refractivity contribution is -0.133. The quantitative estimate of drug-likeness (QED) is 0.227. The van der Waals surface area contributed by atoms with E-state index in [1.165, 1.54) is 18.8 Å². The van der Waals surface area contributed by atoms with Crippen molar-refractivity contribution in [2.24, 2.45) is 23.2 Å². The summed E-state index contributed by atoms with van der Waals surface area (Å²) in [4.78, 5) is 36.6. The first-order valence-corrected chi connectivity index (χ1v) is 12.7. The van der Waals surface area contributed by atoms with Crippen LogP contribution in [0.15, 0.2) is 48.5 Å². The summed E-state index contributed by atoms with van der Waals surface area (Å²) < 4.78 is 0. The lowest BCUT2D eigenvalue weighted by atomic mass is 9.60. The number of hydrogen-bond acceptors (Lipinski definition) is 6. The van der Waals surface area contributed by atoms with E-state index in [1.54, 1.807) is 24.3 Å². The summed E-state index contributed by atoms with van der Waals surface area (Å²) in [5.41, 5.74) is 4.59. The maximum absolute atomic E-state index is 12.5. The summed E-state index contributed by atoms with van der Waals surface area (Å²) in [6, 6.07) is 13.3. The molecule has 0 heterocycles. The SMILES string of the molecule is C[C@@H]1C(NCC(=O)Nc2ccc(-c3ccc(C(=O)N[C@H](C(=O)NO)[C@@H](C)O)cc3)cc2)C2C[C@@H]1C2(C)C. The molecule has 2 bridgehead atoms. The molecule has 6 atom stereocenters. The van der Waals surface area contributed by atoms with Gasteiger partial charge in [-0.25, -0.2) is 5.48 Å². The molecule has 5 rings (SSSR count). The molecule has 0 aliphatic heterocycles. The fourth-order valence-electron chi connectivity index (χ4n) is 6.12. The van der Waals surface area contributed by atoms with Crippen molar-refractivity contribution in [1.29, 1.82) is 0 Å². The van der Waals surface area contributed by atoms with Crippen LogP contribution >= 0.6 is 0 Å². The number of aliphatic hydroxyl groups is 1. The highest BCUT2D eigenvalue weighted by Crippen LogP contribution is 2.64. The predicted octanol–water partition coefficient (Wildman–Crippen LogP) is 2.55. The second-order valence-electron chi connectivity index (χ2n) is 10.9. The molecule has 0 aromatic heterocycles. The van der Waals surface area contributed by atoms with Crippen LogP contribution in [0.5, 0.6) is 0 Å². The first kappa shape index (κ1) is 26.8. The second-order valence-corrected chi connectivity index (χ2v) is 10.9. The number of hydrogen-bond donors (Lipinski definition) is 6. The molecular formula is C28H36N4O5. The van der Waals surface area contributed by atoms with E-state index in [4.69, 9.17) is 5.21 Å². The Morgan fingerprint density at radius 1 is 1.00 bits per heavy atom. The van der Waals surface area contributed by atoms with Crippen LogP contribution < -0.4 is 21.4 Å². The Bertz CT molecular complexity index is 1150. The molecule has 3 aliphatic rings. The highest BCUT2D eigenvalue weighted by atomic mass is 16.5. The number of amides is 3. The van der Waals surface area contributed by atoms with Crippen LogP contribution in [0.25, 0.3) is 11.1 Å². The van der Waals surface area contributed by atoms with Crippen molar-refractivity contribution >= 4 is 23.4 Å². The van der Waals surface area contributed by atoms with Crippen molar-refractivity contribution in [3.05, 3.63) is 54.1 Å².